The first kappa shape index (κ1) is 13.5. The first-order valence-electron chi connectivity index (χ1n) is 4.04. The monoisotopic (exact) mass is 350 g/mol. The summed E-state index contributed by atoms with van der Waals surface area (Å²) < 4.78 is 59.5. The van der Waals surface area contributed by atoms with Crippen LogP contribution in [-0.2, 0) is 10.9 Å². The highest BCUT2D eigenvalue weighted by Crippen LogP contribution is 2.34. The third-order valence-corrected chi connectivity index (χ3v) is 2.44. The minimum atomic E-state index is -4.53. The highest BCUT2D eigenvalue weighted by molar-refractivity contribution is 14.1. The summed E-state index contributed by atoms with van der Waals surface area (Å²) in [6, 6.07) is 1.33. The van der Waals surface area contributed by atoms with Crippen LogP contribution in [0.4, 0.5) is 17.6 Å². The lowest BCUT2D eigenvalue weighted by molar-refractivity contribution is -0.137. The van der Waals surface area contributed by atoms with Gasteiger partial charge in [-0.15, -0.1) is 0 Å². The molecule has 7 heteroatoms. The van der Waals surface area contributed by atoms with Gasteiger partial charge in [-0.2, -0.15) is 13.2 Å². The molecule has 0 saturated heterocycles. The van der Waals surface area contributed by atoms with Crippen LogP contribution in [0.15, 0.2) is 12.1 Å². The van der Waals surface area contributed by atoms with Crippen molar-refractivity contribution in [2.24, 2.45) is 0 Å². The first-order valence-corrected chi connectivity index (χ1v) is 5.12. The van der Waals surface area contributed by atoms with Crippen molar-refractivity contribution in [2.45, 2.75) is 6.18 Å². The van der Waals surface area contributed by atoms with Crippen molar-refractivity contribution in [3.63, 3.8) is 0 Å². The molecule has 0 aliphatic carbocycles. The van der Waals surface area contributed by atoms with Gasteiger partial charge in [-0.25, -0.2) is 4.39 Å². The van der Waals surface area contributed by atoms with Crippen LogP contribution in [0.3, 0.4) is 0 Å². The van der Waals surface area contributed by atoms with Crippen LogP contribution in [0.25, 0.3) is 0 Å². The van der Waals surface area contributed by atoms with E-state index in [-0.39, 0.29) is 10.4 Å². The Bertz CT molecular complexity index is 379. The van der Waals surface area contributed by atoms with Crippen molar-refractivity contribution in [1.82, 2.24) is 0 Å². The normalized spacial score (nSPS) is 11.6. The molecule has 0 amide bonds. The minimum Gasteiger partial charge on any atom is -0.464 e. The smallest absolute Gasteiger partial charge is 0.416 e. The number of hydrogen-bond donors (Lipinski definition) is 0. The minimum absolute atomic E-state index is 0.154. The fourth-order valence-corrected chi connectivity index (χ4v) is 1.56. The first-order chi connectivity index (χ1) is 7.36. The molecule has 1 aromatic rings. The zero-order valence-electron chi connectivity index (χ0n) is 8.07. The average Bonchev–Trinajstić information content (AvgIpc) is 2.18. The summed E-state index contributed by atoms with van der Waals surface area (Å²) in [5.74, 6) is -1.30. The molecule has 0 aromatic heterocycles. The lowest BCUT2D eigenvalue weighted by atomic mass is 10.2. The van der Waals surface area contributed by atoms with E-state index in [1.54, 1.807) is 0 Å². The third kappa shape index (κ3) is 3.21. The molecule has 0 radical (unpaired) electrons. The summed E-state index contributed by atoms with van der Waals surface area (Å²) in [5.41, 5.74) is -0.954. The molecule has 1 rings (SSSR count). The second kappa shape index (κ2) is 5.17. The van der Waals surface area contributed by atoms with Crippen molar-refractivity contribution in [3.05, 3.63) is 27.1 Å². The fourth-order valence-electron chi connectivity index (χ4n) is 0.955. The van der Waals surface area contributed by atoms with Crippen molar-refractivity contribution in [3.8, 4) is 5.75 Å². The van der Waals surface area contributed by atoms with Crippen molar-refractivity contribution in [2.75, 3.05) is 13.9 Å². The largest absolute Gasteiger partial charge is 0.464 e. The molecule has 1 aromatic carbocycles. The number of alkyl halides is 3. The number of benzene rings is 1. The van der Waals surface area contributed by atoms with Gasteiger partial charge in [-0.1, -0.05) is 0 Å². The summed E-state index contributed by atoms with van der Waals surface area (Å²) in [5, 5.41) is 0. The average molecular weight is 350 g/mol. The topological polar surface area (TPSA) is 18.5 Å². The van der Waals surface area contributed by atoms with Gasteiger partial charge in [-0.3, -0.25) is 0 Å². The number of halogens is 5. The molecule has 2 nitrogen and oxygen atoms in total. The van der Waals surface area contributed by atoms with Crippen LogP contribution in [0.1, 0.15) is 5.56 Å². The number of ether oxygens (including phenoxy) is 2. The molecular formula is C9H7F4IO2. The quantitative estimate of drug-likeness (QED) is 0.473. The molecule has 0 fully saturated rings. The van der Waals surface area contributed by atoms with Gasteiger partial charge in [0.05, 0.1) is 9.13 Å². The highest BCUT2D eigenvalue weighted by atomic mass is 127. The second-order valence-electron chi connectivity index (χ2n) is 2.82. The fraction of sp³-hybridized carbons (Fsp3) is 0.333. The summed E-state index contributed by atoms with van der Waals surface area (Å²) in [6.45, 7) is -0.311. The van der Waals surface area contributed by atoms with Crippen LogP contribution in [0.5, 0.6) is 5.75 Å². The number of hydrogen-bond acceptors (Lipinski definition) is 2. The standard InChI is InChI=1S/C9H7F4IO2/c1-15-4-16-7-3-5(9(11,12)13)2-6(14)8(7)10/h2-3H,4H2,1H3. The second-order valence-corrected chi connectivity index (χ2v) is 3.98. The van der Waals surface area contributed by atoms with Crippen LogP contribution >= 0.6 is 22.6 Å². The van der Waals surface area contributed by atoms with E-state index in [4.69, 9.17) is 4.74 Å². The SMILES string of the molecule is COCOc1cc(C(F)(F)F)cc(I)c1F. The molecule has 0 atom stereocenters. The lowest BCUT2D eigenvalue weighted by Gasteiger charge is -2.11. The van der Waals surface area contributed by atoms with Crippen molar-refractivity contribution >= 4 is 22.6 Å². The molecular weight excluding hydrogens is 343 g/mol. The maximum atomic E-state index is 13.3. The van der Waals surface area contributed by atoms with Gasteiger partial charge in [0.2, 0.25) is 0 Å². The van der Waals surface area contributed by atoms with E-state index in [1.165, 1.54) is 29.7 Å². The van der Waals surface area contributed by atoms with Crippen LogP contribution in [0, 0.1) is 9.39 Å². The maximum absolute atomic E-state index is 13.3. The van der Waals surface area contributed by atoms with E-state index >= 15 is 0 Å². The molecule has 16 heavy (non-hydrogen) atoms. The van der Waals surface area contributed by atoms with Crippen molar-refractivity contribution in [1.29, 1.82) is 0 Å². The summed E-state index contributed by atoms with van der Waals surface area (Å²) in [4.78, 5) is 0. The van der Waals surface area contributed by atoms with E-state index in [0.29, 0.717) is 6.07 Å². The molecule has 0 aliphatic heterocycles. The molecule has 0 unspecified atom stereocenters. The summed E-state index contributed by atoms with van der Waals surface area (Å²) in [6.07, 6.45) is -4.53. The van der Waals surface area contributed by atoms with Gasteiger partial charge in [0.25, 0.3) is 0 Å². The van der Waals surface area contributed by atoms with Crippen LogP contribution in [0.2, 0.25) is 0 Å². The van der Waals surface area contributed by atoms with Gasteiger partial charge in [-0.05, 0) is 34.7 Å². The van der Waals surface area contributed by atoms with Crippen molar-refractivity contribution < 1.29 is 27.0 Å². The van der Waals surface area contributed by atoms with Gasteiger partial charge in [0.15, 0.2) is 18.4 Å². The number of methoxy groups -OCH3 is 1. The Morgan fingerprint density at radius 3 is 2.44 bits per heavy atom. The Morgan fingerprint density at radius 1 is 1.31 bits per heavy atom. The molecule has 0 saturated carbocycles. The molecule has 0 N–H and O–H groups in total. The maximum Gasteiger partial charge on any atom is 0.416 e. The van der Waals surface area contributed by atoms with Crippen LogP contribution < -0.4 is 4.74 Å². The summed E-state index contributed by atoms with van der Waals surface area (Å²) >= 11 is 1.47. The molecule has 0 heterocycles. The van der Waals surface area contributed by atoms with Crippen LogP contribution in [-0.4, -0.2) is 13.9 Å². The van der Waals surface area contributed by atoms with E-state index in [0.717, 1.165) is 6.07 Å². The van der Waals surface area contributed by atoms with E-state index in [1.807, 2.05) is 0 Å². The van der Waals surface area contributed by atoms with Gasteiger partial charge in [0.1, 0.15) is 0 Å². The molecule has 0 spiro atoms. The predicted octanol–water partition coefficient (Wildman–Crippen LogP) is 3.43. The summed E-state index contributed by atoms with van der Waals surface area (Å²) in [7, 11) is 1.29. The van der Waals surface area contributed by atoms with E-state index in [2.05, 4.69) is 4.74 Å². The van der Waals surface area contributed by atoms with Gasteiger partial charge in [0, 0.05) is 7.11 Å². The Balaban J connectivity index is 3.12. The number of rotatable bonds is 3. The highest BCUT2D eigenvalue weighted by Gasteiger charge is 2.32. The Kier molecular flexibility index (Phi) is 4.36. The molecule has 0 bridgehead atoms. The molecule has 0 aliphatic rings. The third-order valence-electron chi connectivity index (χ3n) is 1.65. The van der Waals surface area contributed by atoms with E-state index in [9.17, 15) is 17.6 Å². The van der Waals surface area contributed by atoms with E-state index < -0.39 is 23.3 Å². The Labute approximate surface area is 103 Å². The van der Waals surface area contributed by atoms with Gasteiger partial charge >= 0.3 is 6.18 Å². The predicted molar refractivity (Wildman–Crippen MR) is 56.6 cm³/mol. The Morgan fingerprint density at radius 2 is 1.94 bits per heavy atom. The Hall–Kier alpha value is -0.570. The molecule has 90 valence electrons. The zero-order chi connectivity index (χ0) is 12.3. The lowest BCUT2D eigenvalue weighted by Crippen LogP contribution is -2.08. The van der Waals surface area contributed by atoms with Gasteiger partial charge < -0.3 is 9.47 Å². The zero-order valence-corrected chi connectivity index (χ0v) is 10.2.